The van der Waals surface area contributed by atoms with Gasteiger partial charge in [-0.05, 0) is 0 Å². The zero-order valence-corrected chi connectivity index (χ0v) is 6.53. The first-order chi connectivity index (χ1) is 6.39. The SMILES string of the molecule is FC(F)OCc1[c]c(C(F)(F)F)[nH]n1. The summed E-state index contributed by atoms with van der Waals surface area (Å²) in [6.45, 7) is -3.76. The van der Waals surface area contributed by atoms with Crippen molar-refractivity contribution in [2.75, 3.05) is 0 Å². The van der Waals surface area contributed by atoms with Crippen molar-refractivity contribution in [3.8, 4) is 0 Å². The molecule has 1 N–H and O–H groups in total. The number of aromatic nitrogens is 2. The van der Waals surface area contributed by atoms with Crippen molar-refractivity contribution < 1.29 is 26.7 Å². The normalized spacial score (nSPS) is 12.4. The second-order valence-electron chi connectivity index (χ2n) is 2.24. The van der Waals surface area contributed by atoms with Crippen LogP contribution < -0.4 is 0 Å². The van der Waals surface area contributed by atoms with Crippen LogP contribution in [0.25, 0.3) is 0 Å². The van der Waals surface area contributed by atoms with Crippen molar-refractivity contribution >= 4 is 0 Å². The fourth-order valence-electron chi connectivity index (χ4n) is 0.668. The molecule has 0 saturated heterocycles. The highest BCUT2D eigenvalue weighted by atomic mass is 19.4. The molecule has 1 rings (SSSR count). The van der Waals surface area contributed by atoms with Crippen molar-refractivity contribution in [3.05, 3.63) is 17.5 Å². The Labute approximate surface area is 74.9 Å². The minimum atomic E-state index is -4.61. The molecule has 0 amide bonds. The van der Waals surface area contributed by atoms with Crippen LogP contribution in [0.1, 0.15) is 11.4 Å². The highest BCUT2D eigenvalue weighted by molar-refractivity contribution is 5.08. The second-order valence-corrected chi connectivity index (χ2v) is 2.24. The highest BCUT2D eigenvalue weighted by Crippen LogP contribution is 2.27. The summed E-state index contributed by atoms with van der Waals surface area (Å²) in [6, 6.07) is 1.76. The number of H-pyrrole nitrogens is 1. The minimum Gasteiger partial charge on any atom is -0.316 e. The van der Waals surface area contributed by atoms with Gasteiger partial charge in [-0.25, -0.2) is 0 Å². The molecular formula is C6H4F5N2O. The van der Waals surface area contributed by atoms with Crippen molar-refractivity contribution in [2.45, 2.75) is 19.4 Å². The van der Waals surface area contributed by atoms with Gasteiger partial charge in [-0.2, -0.15) is 27.1 Å². The van der Waals surface area contributed by atoms with Gasteiger partial charge in [0.2, 0.25) is 0 Å². The van der Waals surface area contributed by atoms with E-state index in [2.05, 4.69) is 9.84 Å². The molecule has 1 heterocycles. The van der Waals surface area contributed by atoms with E-state index >= 15 is 0 Å². The van der Waals surface area contributed by atoms with Crippen LogP contribution in [0.15, 0.2) is 0 Å². The molecule has 0 atom stereocenters. The molecule has 1 aromatic rings. The Kier molecular flexibility index (Phi) is 3.04. The summed E-state index contributed by atoms with van der Waals surface area (Å²) in [5, 5.41) is 4.71. The summed E-state index contributed by atoms with van der Waals surface area (Å²) >= 11 is 0. The van der Waals surface area contributed by atoms with Crippen LogP contribution in [0.4, 0.5) is 22.0 Å². The van der Waals surface area contributed by atoms with Crippen molar-refractivity contribution in [1.29, 1.82) is 0 Å². The number of halogens is 5. The molecule has 14 heavy (non-hydrogen) atoms. The van der Waals surface area contributed by atoms with Crippen molar-refractivity contribution in [2.24, 2.45) is 0 Å². The number of ether oxygens (including phenoxy) is 1. The number of hydrogen-bond acceptors (Lipinski definition) is 2. The third-order valence-corrected chi connectivity index (χ3v) is 1.20. The van der Waals surface area contributed by atoms with Gasteiger partial charge in [0.25, 0.3) is 0 Å². The highest BCUT2D eigenvalue weighted by Gasteiger charge is 2.33. The number of hydrogen-bond donors (Lipinski definition) is 1. The number of aromatic amines is 1. The van der Waals surface area contributed by atoms with Crippen LogP contribution in [0.5, 0.6) is 0 Å². The van der Waals surface area contributed by atoms with Crippen LogP contribution in [-0.2, 0) is 17.5 Å². The first kappa shape index (κ1) is 10.9. The lowest BCUT2D eigenvalue weighted by atomic mass is 10.3. The average molecular weight is 215 g/mol. The van der Waals surface area contributed by atoms with Gasteiger partial charge in [-0.1, -0.05) is 0 Å². The molecule has 79 valence electrons. The zero-order valence-electron chi connectivity index (χ0n) is 6.53. The zero-order chi connectivity index (χ0) is 10.8. The fourth-order valence-corrected chi connectivity index (χ4v) is 0.668. The lowest BCUT2D eigenvalue weighted by Gasteiger charge is -1.99. The number of nitrogens with one attached hydrogen (secondary N) is 1. The van der Waals surface area contributed by atoms with E-state index in [1.807, 2.05) is 0 Å². The van der Waals surface area contributed by atoms with Crippen molar-refractivity contribution in [3.63, 3.8) is 0 Å². The van der Waals surface area contributed by atoms with E-state index in [-0.39, 0.29) is 5.69 Å². The molecule has 1 radical (unpaired) electrons. The molecule has 3 nitrogen and oxygen atoms in total. The monoisotopic (exact) mass is 215 g/mol. The number of alkyl halides is 5. The number of nitrogens with zero attached hydrogens (tertiary/aromatic N) is 1. The first-order valence-electron chi connectivity index (χ1n) is 3.33. The molecule has 0 spiro atoms. The van der Waals surface area contributed by atoms with Crippen LogP contribution in [0, 0.1) is 6.07 Å². The molecule has 0 bridgehead atoms. The van der Waals surface area contributed by atoms with Crippen LogP contribution in [0.3, 0.4) is 0 Å². The molecule has 0 aliphatic rings. The van der Waals surface area contributed by atoms with Crippen LogP contribution >= 0.6 is 0 Å². The number of rotatable bonds is 3. The molecule has 0 aliphatic carbocycles. The van der Waals surface area contributed by atoms with E-state index in [4.69, 9.17) is 0 Å². The largest absolute Gasteiger partial charge is 0.433 e. The maximum atomic E-state index is 11.9. The van der Waals surface area contributed by atoms with Gasteiger partial charge in [0.05, 0.1) is 12.3 Å². The Hall–Kier alpha value is -1.18. The maximum Gasteiger partial charge on any atom is 0.433 e. The van der Waals surface area contributed by atoms with E-state index in [0.717, 1.165) is 0 Å². The summed E-state index contributed by atoms with van der Waals surface area (Å²) in [7, 11) is 0. The van der Waals surface area contributed by atoms with Gasteiger partial charge in [0, 0.05) is 6.07 Å². The molecule has 1 aromatic heterocycles. The van der Waals surface area contributed by atoms with Crippen LogP contribution in [0.2, 0.25) is 0 Å². The van der Waals surface area contributed by atoms with E-state index in [0.29, 0.717) is 0 Å². The predicted octanol–water partition coefficient (Wildman–Crippen LogP) is 1.97. The Morgan fingerprint density at radius 3 is 2.50 bits per heavy atom. The molecule has 0 saturated carbocycles. The minimum absolute atomic E-state index is 0.349. The fraction of sp³-hybridized carbons (Fsp3) is 0.500. The Bertz CT molecular complexity index is 295. The van der Waals surface area contributed by atoms with E-state index in [1.165, 1.54) is 0 Å². The molecule has 0 aromatic carbocycles. The summed E-state index contributed by atoms with van der Waals surface area (Å²) in [5.74, 6) is 0. The van der Waals surface area contributed by atoms with Gasteiger partial charge in [0.15, 0.2) is 0 Å². The molecule has 8 heteroatoms. The van der Waals surface area contributed by atoms with Crippen molar-refractivity contribution in [1.82, 2.24) is 10.2 Å². The third-order valence-electron chi connectivity index (χ3n) is 1.20. The van der Waals surface area contributed by atoms with Gasteiger partial charge >= 0.3 is 12.8 Å². The van der Waals surface area contributed by atoms with Gasteiger partial charge in [0.1, 0.15) is 5.69 Å². The van der Waals surface area contributed by atoms with E-state index in [1.54, 1.807) is 11.2 Å². The molecule has 0 unspecified atom stereocenters. The average Bonchev–Trinajstić information content (AvgIpc) is 2.47. The molecule has 0 fully saturated rings. The summed E-state index contributed by atoms with van der Waals surface area (Å²) < 4.78 is 62.4. The molecule has 0 aliphatic heterocycles. The standard InChI is InChI=1S/C6H4F5N2O/c7-5(8)14-2-3-1-4(13-12-3)6(9,10)11/h5H,2H2,(H,12,13). The molecular weight excluding hydrogens is 211 g/mol. The van der Waals surface area contributed by atoms with E-state index in [9.17, 15) is 22.0 Å². The predicted molar refractivity (Wildman–Crippen MR) is 33.2 cm³/mol. The van der Waals surface area contributed by atoms with Gasteiger partial charge < -0.3 is 4.74 Å². The first-order valence-corrected chi connectivity index (χ1v) is 3.33. The summed E-state index contributed by atoms with van der Waals surface area (Å²) in [5.41, 5.74) is -1.57. The lowest BCUT2D eigenvalue weighted by Crippen LogP contribution is -2.05. The Balaban J connectivity index is 2.60. The maximum absolute atomic E-state index is 11.9. The third kappa shape index (κ3) is 2.95. The second kappa shape index (κ2) is 3.91. The Morgan fingerprint density at radius 2 is 2.07 bits per heavy atom. The quantitative estimate of drug-likeness (QED) is 0.782. The topological polar surface area (TPSA) is 37.9 Å². The Morgan fingerprint density at radius 1 is 1.43 bits per heavy atom. The smallest absolute Gasteiger partial charge is 0.316 e. The summed E-state index contributed by atoms with van der Waals surface area (Å²) in [6.07, 6.45) is -4.61. The van der Waals surface area contributed by atoms with Crippen LogP contribution in [-0.4, -0.2) is 16.8 Å². The van der Waals surface area contributed by atoms with Gasteiger partial charge in [-0.3, -0.25) is 5.10 Å². The summed E-state index contributed by atoms with van der Waals surface area (Å²) in [4.78, 5) is 0. The lowest BCUT2D eigenvalue weighted by molar-refractivity contribution is -0.141. The van der Waals surface area contributed by atoms with E-state index < -0.39 is 25.1 Å². The van der Waals surface area contributed by atoms with Gasteiger partial charge in [-0.15, -0.1) is 0 Å².